The maximum Gasteiger partial charge on any atom is 0.268 e. The Hall–Kier alpha value is -4.47. The molecule has 0 aliphatic heterocycles. The van der Waals surface area contributed by atoms with Gasteiger partial charge in [-0.25, -0.2) is 16.8 Å². The maximum absolute atomic E-state index is 15.6. The average molecular weight is 586 g/mol. The summed E-state index contributed by atoms with van der Waals surface area (Å²) in [5, 5.41) is 3.36. The Labute approximate surface area is 244 Å². The Balaban J connectivity index is 1.62. The molecule has 5 aromatic rings. The summed E-state index contributed by atoms with van der Waals surface area (Å²) in [6, 6.07) is 24.1. The maximum atomic E-state index is 15.6. The molecule has 216 valence electrons. The van der Waals surface area contributed by atoms with Gasteiger partial charge in [-0.3, -0.25) is 4.79 Å². The van der Waals surface area contributed by atoms with Crippen LogP contribution in [-0.4, -0.2) is 24.8 Å². The van der Waals surface area contributed by atoms with Crippen LogP contribution in [0.5, 0.6) is 5.75 Å². The number of carbonyl (C=O) groups is 1. The first-order valence-corrected chi connectivity index (χ1v) is 15.1. The third-order valence-corrected chi connectivity index (χ3v) is 8.79. The summed E-state index contributed by atoms with van der Waals surface area (Å²) in [6.45, 7) is 4.35. The summed E-state index contributed by atoms with van der Waals surface area (Å²) in [6.07, 6.45) is 1.64. The smallest absolute Gasteiger partial charge is 0.268 e. The Morgan fingerprint density at radius 3 is 2.43 bits per heavy atom. The Kier molecular flexibility index (Phi) is 8.42. The van der Waals surface area contributed by atoms with Gasteiger partial charge in [0.25, 0.3) is 10.0 Å². The topological polar surface area (TPSA) is 103 Å². The van der Waals surface area contributed by atoms with Crippen LogP contribution in [0, 0.1) is 12.7 Å². The molecule has 0 aliphatic rings. The van der Waals surface area contributed by atoms with Crippen molar-refractivity contribution in [3.8, 4) is 16.9 Å². The number of ether oxygens (including phenoxy) is 1. The summed E-state index contributed by atoms with van der Waals surface area (Å²) >= 11 is 0. The second-order valence-electron chi connectivity index (χ2n) is 10.0. The predicted octanol–water partition coefficient (Wildman–Crippen LogP) is 5.71. The quantitative estimate of drug-likeness (QED) is 0.219. The van der Waals surface area contributed by atoms with Gasteiger partial charge in [0.15, 0.2) is 0 Å². The molecule has 1 heterocycles. The highest BCUT2D eigenvalue weighted by Crippen LogP contribution is 2.35. The zero-order valence-corrected chi connectivity index (χ0v) is 24.2. The van der Waals surface area contributed by atoms with Crippen molar-refractivity contribution in [2.75, 3.05) is 6.54 Å². The zero-order valence-electron chi connectivity index (χ0n) is 23.4. The lowest BCUT2D eigenvalue weighted by molar-refractivity contribution is -0.120. The summed E-state index contributed by atoms with van der Waals surface area (Å²) in [7, 11) is -3.95. The molecule has 0 bridgehead atoms. The molecule has 1 amide bonds. The third-order valence-electron chi connectivity index (χ3n) is 7.09. The zero-order chi connectivity index (χ0) is 29.9. The number of hydrogen-bond acceptors (Lipinski definition) is 5. The largest absolute Gasteiger partial charge is 0.489 e. The highest BCUT2D eigenvalue weighted by Gasteiger charge is 2.22. The van der Waals surface area contributed by atoms with Gasteiger partial charge in [0.05, 0.1) is 16.8 Å². The molecule has 0 saturated heterocycles. The second kappa shape index (κ2) is 12.2. The molecule has 0 unspecified atom stereocenters. The van der Waals surface area contributed by atoms with E-state index in [1.54, 1.807) is 66.7 Å². The van der Waals surface area contributed by atoms with Gasteiger partial charge in [0.2, 0.25) is 5.91 Å². The molecule has 0 fully saturated rings. The van der Waals surface area contributed by atoms with Crippen LogP contribution in [0.2, 0.25) is 0 Å². The molecule has 9 heteroatoms. The van der Waals surface area contributed by atoms with Gasteiger partial charge in [-0.05, 0) is 61.4 Å². The van der Waals surface area contributed by atoms with Gasteiger partial charge < -0.3 is 15.8 Å². The summed E-state index contributed by atoms with van der Waals surface area (Å²) in [5.41, 5.74) is 9.65. The minimum Gasteiger partial charge on any atom is -0.489 e. The monoisotopic (exact) mass is 585 g/mol. The highest BCUT2D eigenvalue weighted by molar-refractivity contribution is 7.90. The molecule has 4 aromatic carbocycles. The van der Waals surface area contributed by atoms with Crippen molar-refractivity contribution in [3.63, 3.8) is 0 Å². The number of para-hydroxylation sites is 1. The summed E-state index contributed by atoms with van der Waals surface area (Å²) < 4.78 is 50.4. The van der Waals surface area contributed by atoms with Crippen LogP contribution in [0.25, 0.3) is 22.0 Å². The normalized spacial score (nSPS) is 11.5. The Morgan fingerprint density at radius 1 is 0.952 bits per heavy atom. The lowest BCUT2D eigenvalue weighted by Gasteiger charge is -2.15. The van der Waals surface area contributed by atoms with E-state index >= 15 is 4.39 Å². The molecule has 0 atom stereocenters. The first kappa shape index (κ1) is 29.0. The Morgan fingerprint density at radius 2 is 1.69 bits per heavy atom. The predicted molar refractivity (Wildman–Crippen MR) is 162 cm³/mol. The van der Waals surface area contributed by atoms with Gasteiger partial charge in [-0.15, -0.1) is 0 Å². The highest BCUT2D eigenvalue weighted by atomic mass is 32.2. The molecular formula is C33H32FN3O4S. The fourth-order valence-corrected chi connectivity index (χ4v) is 6.28. The van der Waals surface area contributed by atoms with Crippen LogP contribution in [0.1, 0.15) is 29.2 Å². The van der Waals surface area contributed by atoms with E-state index in [0.717, 1.165) is 11.1 Å². The van der Waals surface area contributed by atoms with Crippen LogP contribution in [0.4, 0.5) is 4.39 Å². The van der Waals surface area contributed by atoms with E-state index in [1.165, 1.54) is 10.2 Å². The Bertz CT molecular complexity index is 1860. The van der Waals surface area contributed by atoms with E-state index < -0.39 is 15.8 Å². The fourth-order valence-electron chi connectivity index (χ4n) is 4.95. The van der Waals surface area contributed by atoms with Crippen molar-refractivity contribution >= 4 is 26.8 Å². The van der Waals surface area contributed by atoms with E-state index in [4.69, 9.17) is 10.5 Å². The SMILES string of the molecule is CCNC(=O)Cc1ccccc1OCc1cc(-c2cccc(CN)c2F)c2ccn(S(=O)(=O)c3ccc(C)cc3)c2c1. The number of amides is 1. The first-order valence-electron chi connectivity index (χ1n) is 13.6. The number of benzene rings is 4. The van der Waals surface area contributed by atoms with Crippen LogP contribution in [0.3, 0.4) is 0 Å². The van der Waals surface area contributed by atoms with Crippen molar-refractivity contribution in [3.05, 3.63) is 119 Å². The minimum absolute atomic E-state index is 0.0246. The van der Waals surface area contributed by atoms with Crippen molar-refractivity contribution in [2.45, 2.75) is 38.3 Å². The van der Waals surface area contributed by atoms with Crippen LogP contribution < -0.4 is 15.8 Å². The lowest BCUT2D eigenvalue weighted by atomic mass is 9.97. The van der Waals surface area contributed by atoms with Crippen molar-refractivity contribution < 1.29 is 22.3 Å². The molecule has 7 nitrogen and oxygen atoms in total. The number of aromatic nitrogens is 1. The molecule has 3 N–H and O–H groups in total. The lowest BCUT2D eigenvalue weighted by Crippen LogP contribution is -2.24. The van der Waals surface area contributed by atoms with Crippen LogP contribution in [-0.2, 0) is 34.4 Å². The number of nitrogens with two attached hydrogens (primary N) is 1. The third kappa shape index (κ3) is 5.79. The molecular weight excluding hydrogens is 553 g/mol. The minimum atomic E-state index is -3.95. The first-order chi connectivity index (χ1) is 20.2. The number of nitrogens with zero attached hydrogens (tertiary/aromatic N) is 1. The van der Waals surface area contributed by atoms with Gasteiger partial charge in [-0.1, -0.05) is 54.1 Å². The second-order valence-corrected chi connectivity index (χ2v) is 11.8. The van der Waals surface area contributed by atoms with E-state index in [1.807, 2.05) is 32.0 Å². The molecule has 0 saturated carbocycles. The number of halogens is 1. The van der Waals surface area contributed by atoms with E-state index in [0.29, 0.717) is 45.5 Å². The van der Waals surface area contributed by atoms with Gasteiger partial charge >= 0.3 is 0 Å². The van der Waals surface area contributed by atoms with Crippen LogP contribution >= 0.6 is 0 Å². The number of hydrogen-bond donors (Lipinski definition) is 2. The summed E-state index contributed by atoms with van der Waals surface area (Å²) in [4.78, 5) is 12.4. The van der Waals surface area contributed by atoms with Gasteiger partial charge in [-0.2, -0.15) is 0 Å². The molecule has 42 heavy (non-hydrogen) atoms. The standard InChI is InChI=1S/C33H32FN3O4S/c1-3-36-32(38)19-24-7-4-5-10-31(24)41-21-23-17-29(28-9-6-8-25(20-35)33(28)34)27-15-16-37(30(27)18-23)42(39,40)26-13-11-22(2)12-14-26/h4-18H,3,19-21,35H2,1-2H3,(H,36,38). The molecule has 0 radical (unpaired) electrons. The van der Waals surface area contributed by atoms with Gasteiger partial charge in [0, 0.05) is 41.4 Å². The van der Waals surface area contributed by atoms with Crippen LogP contribution in [0.15, 0.2) is 96.0 Å². The fraction of sp³-hybridized carbons (Fsp3) is 0.182. The number of rotatable bonds is 10. The van der Waals surface area contributed by atoms with Gasteiger partial charge in [0.1, 0.15) is 18.2 Å². The molecule has 5 rings (SSSR count). The number of aryl methyl sites for hydroxylation is 1. The average Bonchev–Trinajstić information content (AvgIpc) is 3.42. The van der Waals surface area contributed by atoms with E-state index in [-0.39, 0.29) is 30.4 Å². The number of likely N-dealkylation sites (N-methyl/N-ethyl adjacent to an activating group) is 1. The van der Waals surface area contributed by atoms with Crippen molar-refractivity contribution in [1.29, 1.82) is 0 Å². The number of fused-ring (bicyclic) bond motifs is 1. The number of nitrogens with one attached hydrogen (secondary N) is 1. The van der Waals surface area contributed by atoms with Crippen molar-refractivity contribution in [2.24, 2.45) is 5.73 Å². The number of carbonyl (C=O) groups excluding carboxylic acids is 1. The molecule has 1 aromatic heterocycles. The molecule has 0 spiro atoms. The molecule has 0 aliphatic carbocycles. The van der Waals surface area contributed by atoms with E-state index in [9.17, 15) is 13.2 Å². The summed E-state index contributed by atoms with van der Waals surface area (Å²) in [5.74, 6) is -0.0446. The van der Waals surface area contributed by atoms with E-state index in [2.05, 4.69) is 5.32 Å². The van der Waals surface area contributed by atoms with Crippen molar-refractivity contribution in [1.82, 2.24) is 9.29 Å².